The molecule has 0 saturated heterocycles. The molecule has 0 fully saturated rings. The Kier molecular flexibility index (Phi) is 15.1. The van der Waals surface area contributed by atoms with Crippen molar-refractivity contribution in [2.75, 3.05) is 9.80 Å². The van der Waals surface area contributed by atoms with Crippen molar-refractivity contribution in [1.82, 2.24) is 24.1 Å². The quantitative estimate of drug-likeness (QED) is 0.121. The van der Waals surface area contributed by atoms with Gasteiger partial charge in [0.2, 0.25) is 0 Å². The van der Waals surface area contributed by atoms with Crippen LogP contribution in [0.25, 0.3) is 134 Å². The van der Waals surface area contributed by atoms with E-state index in [1.807, 2.05) is 78.9 Å². The van der Waals surface area contributed by atoms with E-state index >= 15 is 0 Å². The van der Waals surface area contributed by atoms with Gasteiger partial charge in [-0.25, -0.2) is 15.0 Å². The summed E-state index contributed by atoms with van der Waals surface area (Å²) in [7, 11) is 0. The lowest BCUT2D eigenvalue weighted by Gasteiger charge is -2.46. The Morgan fingerprint density at radius 3 is 1.23 bits per heavy atom. The third kappa shape index (κ3) is 12.5. The van der Waals surface area contributed by atoms with E-state index in [2.05, 4.69) is 310 Å². The van der Waals surface area contributed by atoms with Crippen molar-refractivity contribution in [2.45, 2.75) is 105 Å². The number of aromatic nitrogens is 5. The molecule has 18 aromatic rings. The monoisotopic (exact) mass is 1520 g/mol. The average molecular weight is 1520 g/mol. The van der Waals surface area contributed by atoms with E-state index in [1.165, 1.54) is 11.1 Å². The fraction of sp³-hybridized carbons (Fsp3) is 0.147. The summed E-state index contributed by atoms with van der Waals surface area (Å²) in [5.41, 5.74) is 24.0. The zero-order valence-corrected chi connectivity index (χ0v) is 67.9. The predicted octanol–water partition coefficient (Wildman–Crippen LogP) is 27.0. The van der Waals surface area contributed by atoms with Crippen molar-refractivity contribution in [3.05, 3.63) is 362 Å². The minimum absolute atomic E-state index is 0.0180. The highest BCUT2D eigenvalue weighted by atomic mass is 15.2. The maximum atomic E-state index is 10.3. The van der Waals surface area contributed by atoms with Gasteiger partial charge in [0.05, 0.1) is 50.1 Å². The van der Waals surface area contributed by atoms with E-state index in [0.717, 1.165) is 128 Å². The molecule has 15 aromatic carbocycles. The highest BCUT2D eigenvalue weighted by molar-refractivity contribution is 7.00. The second-order valence-corrected chi connectivity index (χ2v) is 35.5. The highest BCUT2D eigenvalue weighted by Gasteiger charge is 2.46. The van der Waals surface area contributed by atoms with Crippen molar-refractivity contribution in [1.29, 1.82) is 0 Å². The number of para-hydroxylation sites is 2. The summed E-state index contributed by atoms with van der Waals surface area (Å²) >= 11 is 0. The van der Waals surface area contributed by atoms with Crippen LogP contribution in [0.15, 0.2) is 340 Å². The number of fused-ring (bicyclic) bond motifs is 10. The number of hydrogen-bond donors (Lipinski definition) is 0. The van der Waals surface area contributed by atoms with Crippen LogP contribution in [0.4, 0.5) is 34.1 Å². The molecule has 2 aliphatic rings. The van der Waals surface area contributed by atoms with Gasteiger partial charge in [-0.2, -0.15) is 0 Å². The summed E-state index contributed by atoms with van der Waals surface area (Å²) in [6.07, 6.45) is 0. The first-order valence-corrected chi connectivity index (χ1v) is 40.5. The maximum absolute atomic E-state index is 10.3. The number of anilines is 6. The van der Waals surface area contributed by atoms with Crippen molar-refractivity contribution < 1.29 is 11.0 Å². The fourth-order valence-electron chi connectivity index (χ4n) is 17.6. The van der Waals surface area contributed by atoms with Crippen molar-refractivity contribution in [3.8, 4) is 90.0 Å². The molecule has 20 rings (SSSR count). The SMILES string of the molecule is [2H]c1c([2H])c([2H])c2c(c1[2H])c1c([2H])c([2H])c([2H])c([2H])c1n2-c1cc2c3c(c1)N(c1c(-c4ccccc4)cc(C(C)(C)C)cc1-c1nc(-c4ccccc4)nc(-c4ccccc4)n1)c1cc(-c4cccc(C(C)(C)C)c4)ccc1B3c1ccc(-n3c4ccc(C(C)(C)C)cc4c4cc(C(C)(C)C)ccc43)cc1N2c1ccc(-c2ccccc2)cc1-c1ccccc1. The molecule has 8 heteroatoms. The number of hydrogen-bond acceptors (Lipinski definition) is 5. The van der Waals surface area contributed by atoms with E-state index in [9.17, 15) is 11.0 Å². The Morgan fingerprint density at radius 1 is 0.265 bits per heavy atom. The lowest BCUT2D eigenvalue weighted by atomic mass is 9.33. The van der Waals surface area contributed by atoms with Crippen LogP contribution in [0.1, 0.15) is 116 Å². The van der Waals surface area contributed by atoms with E-state index in [4.69, 9.17) is 15.0 Å². The predicted molar refractivity (Wildman–Crippen MR) is 495 cm³/mol. The third-order valence-electron chi connectivity index (χ3n) is 23.8. The number of nitrogens with zero attached hydrogens (tertiary/aromatic N) is 7. The standard InChI is InChI=1S/C109H92BN7/c1-106(2,3)77-44-32-43-74(59-77)76-49-54-90-97(61-76)117(102-86(71-37-22-15-23-38-71)64-80(109(10,11)12)65-89(102)105-112-103(72-39-24-16-25-40-72)111-104(113-105)73-41-26-17-27-42-73)100-68-82(115-92-47-30-28-45-83(92)84-46-29-31-48-93(84)115)67-99-101(100)110(90)91-55-53-81(114-95-57-51-78(107(4,5)6)62-87(95)88-63-79(108(7,8)9)52-58-96(88)114)66-98(91)116(99)94-56-50-75(69-33-18-13-19-34-69)60-85(94)70-35-20-14-21-36-70/h13-68H,1-12H3/i28D,29D,30D,31D,45D,46D,47D,48D. The van der Waals surface area contributed by atoms with Gasteiger partial charge in [-0.05, 0) is 185 Å². The Labute approximate surface area is 698 Å². The molecule has 0 radical (unpaired) electrons. The molecule has 0 N–H and O–H groups in total. The van der Waals surface area contributed by atoms with Crippen LogP contribution in [0.3, 0.4) is 0 Å². The van der Waals surface area contributed by atoms with E-state index in [0.29, 0.717) is 45.8 Å². The zero-order valence-electron chi connectivity index (χ0n) is 75.9. The Bertz CT molecular complexity index is 7280. The molecule has 5 heterocycles. The van der Waals surface area contributed by atoms with Gasteiger partial charge in [0, 0.05) is 77.8 Å². The topological polar surface area (TPSA) is 55.0 Å². The van der Waals surface area contributed by atoms with Crippen molar-refractivity contribution in [3.63, 3.8) is 0 Å². The lowest BCUT2D eigenvalue weighted by molar-refractivity contribution is 0.590. The van der Waals surface area contributed by atoms with Crippen LogP contribution < -0.4 is 26.2 Å². The summed E-state index contributed by atoms with van der Waals surface area (Å²) < 4.78 is 83.0. The van der Waals surface area contributed by atoms with Gasteiger partial charge in [-0.3, -0.25) is 0 Å². The first kappa shape index (κ1) is 63.9. The molecule has 0 spiro atoms. The summed E-state index contributed by atoms with van der Waals surface area (Å²) in [6.45, 7) is 26.4. The summed E-state index contributed by atoms with van der Waals surface area (Å²) in [5.74, 6) is 1.33. The molecule has 0 amide bonds. The van der Waals surface area contributed by atoms with Gasteiger partial charge in [0.1, 0.15) is 0 Å². The normalized spacial score (nSPS) is 13.9. The Morgan fingerprint density at radius 2 is 0.684 bits per heavy atom. The Hall–Kier alpha value is -13.4. The summed E-state index contributed by atoms with van der Waals surface area (Å²) in [5, 5.41) is 2.19. The van der Waals surface area contributed by atoms with Gasteiger partial charge >= 0.3 is 0 Å². The van der Waals surface area contributed by atoms with Crippen molar-refractivity contribution in [2.24, 2.45) is 0 Å². The van der Waals surface area contributed by atoms with Gasteiger partial charge in [0.15, 0.2) is 17.5 Å². The van der Waals surface area contributed by atoms with Crippen LogP contribution >= 0.6 is 0 Å². The van der Waals surface area contributed by atoms with Crippen LogP contribution in [0.2, 0.25) is 0 Å². The van der Waals surface area contributed by atoms with Crippen LogP contribution in [0, 0.1) is 0 Å². The molecular weight excluding hydrogens is 1420 g/mol. The second kappa shape index (κ2) is 27.7. The molecule has 3 aromatic heterocycles. The fourth-order valence-corrected chi connectivity index (χ4v) is 17.6. The molecule has 0 aliphatic carbocycles. The van der Waals surface area contributed by atoms with Crippen LogP contribution in [0.5, 0.6) is 0 Å². The highest BCUT2D eigenvalue weighted by Crippen LogP contribution is 2.55. The van der Waals surface area contributed by atoms with Gasteiger partial charge in [-0.1, -0.05) is 332 Å². The second-order valence-electron chi connectivity index (χ2n) is 35.5. The smallest absolute Gasteiger partial charge is 0.252 e. The van der Waals surface area contributed by atoms with Crippen LogP contribution in [-0.4, -0.2) is 30.8 Å². The number of benzene rings is 15. The van der Waals surface area contributed by atoms with Gasteiger partial charge in [0.25, 0.3) is 6.71 Å². The van der Waals surface area contributed by atoms with Crippen molar-refractivity contribution >= 4 is 101 Å². The lowest BCUT2D eigenvalue weighted by Crippen LogP contribution is -2.61. The zero-order chi connectivity index (χ0) is 86.9. The van der Waals surface area contributed by atoms with E-state index < -0.39 is 60.5 Å². The molecular formula is C109H92BN7. The molecule has 0 unspecified atom stereocenters. The molecule has 0 saturated carbocycles. The molecule has 0 atom stereocenters. The average Bonchev–Trinajstić information content (AvgIpc) is 1.62. The number of rotatable bonds is 11. The first-order chi connectivity index (χ1) is 59.9. The molecule has 7 nitrogen and oxygen atoms in total. The third-order valence-corrected chi connectivity index (χ3v) is 23.8. The Balaban J connectivity index is 1.01. The largest absolute Gasteiger partial charge is 0.311 e. The molecule has 566 valence electrons. The van der Waals surface area contributed by atoms with Gasteiger partial charge < -0.3 is 18.9 Å². The molecule has 117 heavy (non-hydrogen) atoms. The van der Waals surface area contributed by atoms with Gasteiger partial charge in [-0.15, -0.1) is 0 Å². The first-order valence-electron chi connectivity index (χ1n) is 44.5. The van der Waals surface area contributed by atoms with Crippen LogP contribution in [-0.2, 0) is 21.7 Å². The minimum atomic E-state index is -0.599. The maximum Gasteiger partial charge on any atom is 0.252 e. The molecule has 2 aliphatic heterocycles. The summed E-state index contributed by atoms with van der Waals surface area (Å²) in [6, 6.07) is 99.8. The molecule has 0 bridgehead atoms. The minimum Gasteiger partial charge on any atom is -0.311 e. The van der Waals surface area contributed by atoms with E-state index in [1.54, 1.807) is 4.57 Å². The summed E-state index contributed by atoms with van der Waals surface area (Å²) in [4.78, 5) is 21.6. The van der Waals surface area contributed by atoms with E-state index in [-0.39, 0.29) is 38.1 Å².